The Morgan fingerprint density at radius 3 is 2.74 bits per heavy atom. The van der Waals surface area contributed by atoms with Gasteiger partial charge in [0.25, 0.3) is 5.91 Å². The van der Waals surface area contributed by atoms with Gasteiger partial charge in [-0.2, -0.15) is 0 Å². The van der Waals surface area contributed by atoms with Gasteiger partial charge in [-0.1, -0.05) is 38.3 Å². The first kappa shape index (κ1) is 15.9. The van der Waals surface area contributed by atoms with Gasteiger partial charge in [-0.25, -0.2) is 9.37 Å². The second kappa shape index (κ2) is 7.43. The van der Waals surface area contributed by atoms with Crippen LogP contribution in [0.25, 0.3) is 0 Å². The molecule has 0 saturated heterocycles. The lowest BCUT2D eigenvalue weighted by Crippen LogP contribution is -2.32. The number of pyridine rings is 1. The number of halogens is 2. The molecule has 0 radical (unpaired) electrons. The zero-order valence-electron chi connectivity index (χ0n) is 11.5. The lowest BCUT2D eigenvalue weighted by molar-refractivity contribution is 0.0937. The second-order valence-electron chi connectivity index (χ2n) is 5.19. The highest BCUT2D eigenvalue weighted by Crippen LogP contribution is 2.14. The van der Waals surface area contributed by atoms with E-state index in [1.54, 1.807) is 0 Å². The van der Waals surface area contributed by atoms with Crippen molar-refractivity contribution in [3.05, 3.63) is 28.8 Å². The molecule has 1 aromatic heterocycles. The minimum atomic E-state index is -0.568. The predicted molar refractivity (Wildman–Crippen MR) is 74.8 cm³/mol. The van der Waals surface area contributed by atoms with E-state index >= 15 is 0 Å². The Labute approximate surface area is 118 Å². The number of carbonyl (C=O) groups is 1. The standard InChI is InChI=1S/C14H20ClFN2O/c1-9(2)5-4-6-10(3)18-14(19)12-7-11(16)8-17-13(12)15/h7-10H,4-6H2,1-3H3,(H,18,19). The van der Waals surface area contributed by atoms with Crippen LogP contribution in [0.5, 0.6) is 0 Å². The minimum absolute atomic E-state index is 0.0216. The van der Waals surface area contributed by atoms with E-state index in [-0.39, 0.29) is 22.7 Å². The highest BCUT2D eigenvalue weighted by molar-refractivity contribution is 6.32. The van der Waals surface area contributed by atoms with Crippen molar-refractivity contribution in [1.82, 2.24) is 10.3 Å². The molecule has 0 aliphatic carbocycles. The minimum Gasteiger partial charge on any atom is -0.349 e. The summed E-state index contributed by atoms with van der Waals surface area (Å²) in [6.07, 6.45) is 4.06. The molecule has 1 aromatic rings. The van der Waals surface area contributed by atoms with Gasteiger partial charge in [-0.05, 0) is 25.3 Å². The van der Waals surface area contributed by atoms with Gasteiger partial charge in [0.2, 0.25) is 0 Å². The molecule has 3 nitrogen and oxygen atoms in total. The van der Waals surface area contributed by atoms with Gasteiger partial charge in [-0.15, -0.1) is 0 Å². The quantitative estimate of drug-likeness (QED) is 0.808. The van der Waals surface area contributed by atoms with Crippen molar-refractivity contribution in [3.8, 4) is 0 Å². The van der Waals surface area contributed by atoms with Crippen LogP contribution in [0, 0.1) is 11.7 Å². The molecule has 5 heteroatoms. The van der Waals surface area contributed by atoms with E-state index in [0.717, 1.165) is 31.5 Å². The molecule has 0 fully saturated rings. The molecular weight excluding hydrogens is 267 g/mol. The van der Waals surface area contributed by atoms with Crippen molar-refractivity contribution in [2.75, 3.05) is 0 Å². The molecule has 1 rings (SSSR count). The van der Waals surface area contributed by atoms with E-state index in [0.29, 0.717) is 5.92 Å². The van der Waals surface area contributed by atoms with Gasteiger partial charge in [0.05, 0.1) is 11.8 Å². The second-order valence-corrected chi connectivity index (χ2v) is 5.55. The normalized spacial score (nSPS) is 12.5. The third kappa shape index (κ3) is 5.55. The molecule has 19 heavy (non-hydrogen) atoms. The summed E-state index contributed by atoms with van der Waals surface area (Å²) in [5, 5.41) is 2.83. The van der Waals surface area contributed by atoms with Crippen molar-refractivity contribution in [2.24, 2.45) is 5.92 Å². The van der Waals surface area contributed by atoms with Crippen LogP contribution in [-0.4, -0.2) is 16.9 Å². The SMILES string of the molecule is CC(C)CCCC(C)NC(=O)c1cc(F)cnc1Cl. The molecule has 0 saturated carbocycles. The average Bonchev–Trinajstić information content (AvgIpc) is 2.31. The van der Waals surface area contributed by atoms with Crippen molar-refractivity contribution in [2.45, 2.75) is 46.1 Å². The van der Waals surface area contributed by atoms with E-state index in [9.17, 15) is 9.18 Å². The van der Waals surface area contributed by atoms with E-state index in [4.69, 9.17) is 11.6 Å². The molecular formula is C14H20ClFN2O. The molecule has 1 atom stereocenters. The summed E-state index contributed by atoms with van der Waals surface area (Å²) in [6, 6.07) is 1.14. The van der Waals surface area contributed by atoms with Crippen LogP contribution in [0.2, 0.25) is 5.15 Å². The Balaban J connectivity index is 2.52. The van der Waals surface area contributed by atoms with Crippen LogP contribution in [-0.2, 0) is 0 Å². The number of hydrogen-bond donors (Lipinski definition) is 1. The Morgan fingerprint density at radius 2 is 2.11 bits per heavy atom. The third-order valence-electron chi connectivity index (χ3n) is 2.85. The van der Waals surface area contributed by atoms with Gasteiger partial charge >= 0.3 is 0 Å². The molecule has 1 amide bonds. The van der Waals surface area contributed by atoms with E-state index in [1.165, 1.54) is 0 Å². The monoisotopic (exact) mass is 286 g/mol. The van der Waals surface area contributed by atoms with E-state index < -0.39 is 5.82 Å². The number of rotatable bonds is 6. The highest BCUT2D eigenvalue weighted by Gasteiger charge is 2.15. The lowest BCUT2D eigenvalue weighted by Gasteiger charge is -2.14. The molecule has 1 N–H and O–H groups in total. The van der Waals surface area contributed by atoms with E-state index in [2.05, 4.69) is 24.1 Å². The van der Waals surface area contributed by atoms with Gasteiger partial charge in [0, 0.05) is 6.04 Å². The maximum absolute atomic E-state index is 13.0. The van der Waals surface area contributed by atoms with Crippen LogP contribution in [0.15, 0.2) is 12.3 Å². The largest absolute Gasteiger partial charge is 0.349 e. The van der Waals surface area contributed by atoms with Gasteiger partial charge in [0.1, 0.15) is 11.0 Å². The Hall–Kier alpha value is -1.16. The fraction of sp³-hybridized carbons (Fsp3) is 0.571. The van der Waals surface area contributed by atoms with Crippen molar-refractivity contribution in [1.29, 1.82) is 0 Å². The Kier molecular flexibility index (Phi) is 6.22. The number of amides is 1. The fourth-order valence-corrected chi connectivity index (χ4v) is 1.98. The molecule has 106 valence electrons. The average molecular weight is 287 g/mol. The number of carbonyl (C=O) groups excluding carboxylic acids is 1. The summed E-state index contributed by atoms with van der Waals surface area (Å²) < 4.78 is 13.0. The molecule has 0 aromatic carbocycles. The topological polar surface area (TPSA) is 42.0 Å². The molecule has 0 spiro atoms. The van der Waals surface area contributed by atoms with Crippen LogP contribution in [0.4, 0.5) is 4.39 Å². The van der Waals surface area contributed by atoms with Crippen molar-refractivity contribution in [3.63, 3.8) is 0 Å². The number of aromatic nitrogens is 1. The number of nitrogens with zero attached hydrogens (tertiary/aromatic N) is 1. The predicted octanol–water partition coefficient (Wildman–Crippen LogP) is 3.82. The molecule has 1 heterocycles. The van der Waals surface area contributed by atoms with Crippen LogP contribution >= 0.6 is 11.6 Å². The highest BCUT2D eigenvalue weighted by atomic mass is 35.5. The summed E-state index contributed by atoms with van der Waals surface area (Å²) in [6.45, 7) is 6.27. The van der Waals surface area contributed by atoms with Crippen LogP contribution in [0.3, 0.4) is 0 Å². The summed E-state index contributed by atoms with van der Waals surface area (Å²) in [5.74, 6) is -0.291. The first-order valence-electron chi connectivity index (χ1n) is 6.52. The van der Waals surface area contributed by atoms with E-state index in [1.807, 2.05) is 6.92 Å². The molecule has 1 unspecified atom stereocenters. The zero-order valence-corrected chi connectivity index (χ0v) is 12.3. The fourth-order valence-electron chi connectivity index (χ4n) is 1.79. The summed E-state index contributed by atoms with van der Waals surface area (Å²) in [4.78, 5) is 15.5. The molecule has 0 aliphatic rings. The molecule has 0 bridgehead atoms. The van der Waals surface area contributed by atoms with Gasteiger partial charge in [0.15, 0.2) is 0 Å². The maximum atomic E-state index is 13.0. The van der Waals surface area contributed by atoms with Gasteiger partial charge < -0.3 is 5.32 Å². The summed E-state index contributed by atoms with van der Waals surface area (Å²) in [5.41, 5.74) is 0.0809. The van der Waals surface area contributed by atoms with Crippen molar-refractivity contribution < 1.29 is 9.18 Å². The first-order valence-corrected chi connectivity index (χ1v) is 6.90. The number of nitrogens with one attached hydrogen (secondary N) is 1. The van der Waals surface area contributed by atoms with Crippen LogP contribution < -0.4 is 5.32 Å². The third-order valence-corrected chi connectivity index (χ3v) is 3.15. The Bertz CT molecular complexity index is 437. The Morgan fingerprint density at radius 1 is 1.42 bits per heavy atom. The lowest BCUT2D eigenvalue weighted by atomic mass is 10.0. The summed E-state index contributed by atoms with van der Waals surface area (Å²) >= 11 is 5.78. The summed E-state index contributed by atoms with van der Waals surface area (Å²) in [7, 11) is 0. The zero-order chi connectivity index (χ0) is 14.4. The van der Waals surface area contributed by atoms with Gasteiger partial charge in [-0.3, -0.25) is 4.79 Å². The first-order chi connectivity index (χ1) is 8.90. The number of hydrogen-bond acceptors (Lipinski definition) is 2. The molecule has 0 aliphatic heterocycles. The van der Waals surface area contributed by atoms with Crippen LogP contribution in [0.1, 0.15) is 50.4 Å². The smallest absolute Gasteiger partial charge is 0.254 e. The van der Waals surface area contributed by atoms with Crippen molar-refractivity contribution >= 4 is 17.5 Å². The maximum Gasteiger partial charge on any atom is 0.254 e.